The highest BCUT2D eigenvalue weighted by atomic mass is 17.1. The average molecular weight is 130 g/mol. The van der Waals surface area contributed by atoms with Crippen molar-refractivity contribution in [3.8, 4) is 0 Å². The van der Waals surface area contributed by atoms with E-state index in [-0.39, 0.29) is 6.10 Å². The average Bonchev–Trinajstić information content (AvgIpc) is 1.79. The van der Waals surface area contributed by atoms with Crippen LogP contribution in [0.15, 0.2) is 0 Å². The number of hydrogen-bond acceptors (Lipinski definition) is 2. The van der Waals surface area contributed by atoms with Crippen molar-refractivity contribution in [2.45, 2.75) is 32.8 Å². The van der Waals surface area contributed by atoms with Gasteiger partial charge in [-0.05, 0) is 31.6 Å². The molecule has 1 N–H and O–H groups in total. The molecule has 0 amide bonds. The van der Waals surface area contributed by atoms with Gasteiger partial charge in [0, 0.05) is 0 Å². The van der Waals surface area contributed by atoms with Gasteiger partial charge in [-0.3, -0.25) is 5.26 Å². The Hall–Kier alpha value is -0.0800. The Morgan fingerprint density at radius 3 is 2.44 bits per heavy atom. The van der Waals surface area contributed by atoms with Gasteiger partial charge in [-0.25, -0.2) is 4.89 Å². The van der Waals surface area contributed by atoms with Gasteiger partial charge in [0.2, 0.25) is 0 Å². The van der Waals surface area contributed by atoms with E-state index in [1.807, 2.05) is 6.92 Å². The van der Waals surface area contributed by atoms with Crippen molar-refractivity contribution in [2.24, 2.45) is 11.8 Å². The van der Waals surface area contributed by atoms with E-state index in [1.165, 1.54) is 12.8 Å². The Labute approximate surface area is 55.8 Å². The van der Waals surface area contributed by atoms with Crippen molar-refractivity contribution >= 4 is 0 Å². The second-order valence-electron chi connectivity index (χ2n) is 3.15. The Morgan fingerprint density at radius 1 is 1.56 bits per heavy atom. The summed E-state index contributed by atoms with van der Waals surface area (Å²) < 4.78 is 0. The lowest BCUT2D eigenvalue weighted by Gasteiger charge is -2.35. The molecule has 0 aromatic rings. The summed E-state index contributed by atoms with van der Waals surface area (Å²) in [6, 6.07) is 0. The van der Waals surface area contributed by atoms with Gasteiger partial charge in [0.25, 0.3) is 0 Å². The highest BCUT2D eigenvalue weighted by molar-refractivity contribution is 4.79. The van der Waals surface area contributed by atoms with E-state index >= 15 is 0 Å². The normalized spacial score (nSPS) is 37.7. The lowest BCUT2D eigenvalue weighted by molar-refractivity contribution is -0.292. The van der Waals surface area contributed by atoms with Gasteiger partial charge in [0.15, 0.2) is 0 Å². The van der Waals surface area contributed by atoms with Gasteiger partial charge in [-0.1, -0.05) is 6.92 Å². The molecule has 1 fully saturated rings. The van der Waals surface area contributed by atoms with Crippen LogP contribution in [-0.4, -0.2) is 11.4 Å². The van der Waals surface area contributed by atoms with Crippen LogP contribution in [0.3, 0.4) is 0 Å². The molecule has 0 aromatic carbocycles. The Kier molecular flexibility index (Phi) is 2.09. The second kappa shape index (κ2) is 2.67. The molecule has 0 spiro atoms. The van der Waals surface area contributed by atoms with E-state index in [4.69, 9.17) is 5.26 Å². The summed E-state index contributed by atoms with van der Waals surface area (Å²) in [5, 5.41) is 8.26. The molecule has 0 aliphatic heterocycles. The van der Waals surface area contributed by atoms with Crippen molar-refractivity contribution in [3.05, 3.63) is 0 Å². The first kappa shape index (κ1) is 7.03. The summed E-state index contributed by atoms with van der Waals surface area (Å²) in [6.45, 7) is 4.14. The van der Waals surface area contributed by atoms with E-state index in [2.05, 4.69) is 11.8 Å². The van der Waals surface area contributed by atoms with Crippen LogP contribution in [-0.2, 0) is 4.89 Å². The van der Waals surface area contributed by atoms with E-state index in [9.17, 15) is 0 Å². The van der Waals surface area contributed by atoms with Crippen LogP contribution in [0, 0.1) is 11.8 Å². The van der Waals surface area contributed by atoms with Gasteiger partial charge in [0.1, 0.15) is 0 Å². The van der Waals surface area contributed by atoms with Crippen molar-refractivity contribution in [1.82, 2.24) is 0 Å². The molecule has 0 bridgehead atoms. The minimum atomic E-state index is 0.0428. The third-order valence-corrected chi connectivity index (χ3v) is 2.24. The van der Waals surface area contributed by atoms with Crippen LogP contribution >= 0.6 is 0 Å². The SMILES string of the molecule is CC1CC(C(C)OO)C1. The number of rotatable bonds is 2. The van der Waals surface area contributed by atoms with Gasteiger partial charge < -0.3 is 0 Å². The molecule has 2 nitrogen and oxygen atoms in total. The fourth-order valence-corrected chi connectivity index (χ4v) is 1.43. The summed E-state index contributed by atoms with van der Waals surface area (Å²) in [5.41, 5.74) is 0. The molecule has 0 saturated heterocycles. The first-order chi connectivity index (χ1) is 4.24. The summed E-state index contributed by atoms with van der Waals surface area (Å²) >= 11 is 0. The van der Waals surface area contributed by atoms with E-state index in [0.717, 1.165) is 5.92 Å². The van der Waals surface area contributed by atoms with Crippen LogP contribution in [0.5, 0.6) is 0 Å². The predicted molar refractivity (Wildman–Crippen MR) is 35.1 cm³/mol. The molecule has 0 aromatic heterocycles. The molecule has 1 rings (SSSR count). The zero-order chi connectivity index (χ0) is 6.85. The van der Waals surface area contributed by atoms with Crippen molar-refractivity contribution in [3.63, 3.8) is 0 Å². The molecule has 1 aliphatic carbocycles. The van der Waals surface area contributed by atoms with Gasteiger partial charge in [-0.2, -0.15) is 0 Å². The van der Waals surface area contributed by atoms with Crippen LogP contribution in [0.25, 0.3) is 0 Å². The zero-order valence-electron chi connectivity index (χ0n) is 6.00. The van der Waals surface area contributed by atoms with E-state index in [0.29, 0.717) is 5.92 Å². The van der Waals surface area contributed by atoms with E-state index in [1.54, 1.807) is 0 Å². The highest BCUT2D eigenvalue weighted by Crippen LogP contribution is 2.36. The molecule has 1 atom stereocenters. The third-order valence-electron chi connectivity index (χ3n) is 2.24. The summed E-state index contributed by atoms with van der Waals surface area (Å²) in [6.07, 6.45) is 2.46. The molecule has 54 valence electrons. The molecule has 1 unspecified atom stereocenters. The number of hydrogen-bond donors (Lipinski definition) is 1. The Morgan fingerprint density at radius 2 is 2.11 bits per heavy atom. The smallest absolute Gasteiger partial charge is 0.0927 e. The van der Waals surface area contributed by atoms with E-state index < -0.39 is 0 Å². The largest absolute Gasteiger partial charge is 0.252 e. The van der Waals surface area contributed by atoms with Crippen molar-refractivity contribution in [2.75, 3.05) is 0 Å². The molecule has 1 saturated carbocycles. The standard InChI is InChI=1S/C7H14O2/c1-5-3-7(4-5)6(2)9-8/h5-8H,3-4H2,1-2H3. The van der Waals surface area contributed by atoms with Gasteiger partial charge in [-0.15, -0.1) is 0 Å². The quantitative estimate of drug-likeness (QED) is 0.457. The molecule has 0 heterocycles. The topological polar surface area (TPSA) is 29.5 Å². The van der Waals surface area contributed by atoms with Gasteiger partial charge >= 0.3 is 0 Å². The predicted octanol–water partition coefficient (Wildman–Crippen LogP) is 1.91. The zero-order valence-corrected chi connectivity index (χ0v) is 6.00. The highest BCUT2D eigenvalue weighted by Gasteiger charge is 2.30. The van der Waals surface area contributed by atoms with Crippen LogP contribution < -0.4 is 0 Å². The maximum absolute atomic E-state index is 8.26. The lowest BCUT2D eigenvalue weighted by Crippen LogP contribution is -2.31. The Balaban J connectivity index is 2.15. The molecule has 0 radical (unpaired) electrons. The Bertz CT molecular complexity index is 86.9. The maximum atomic E-state index is 8.26. The third kappa shape index (κ3) is 1.43. The minimum absolute atomic E-state index is 0.0428. The van der Waals surface area contributed by atoms with Crippen molar-refractivity contribution in [1.29, 1.82) is 0 Å². The molecule has 2 heteroatoms. The second-order valence-corrected chi connectivity index (χ2v) is 3.15. The maximum Gasteiger partial charge on any atom is 0.0927 e. The summed E-state index contributed by atoms with van der Waals surface area (Å²) in [7, 11) is 0. The summed E-state index contributed by atoms with van der Waals surface area (Å²) in [5.74, 6) is 1.44. The molecule has 9 heavy (non-hydrogen) atoms. The van der Waals surface area contributed by atoms with Crippen molar-refractivity contribution < 1.29 is 10.1 Å². The molecular weight excluding hydrogens is 116 g/mol. The first-order valence-corrected chi connectivity index (χ1v) is 3.54. The fourth-order valence-electron chi connectivity index (χ4n) is 1.43. The lowest BCUT2D eigenvalue weighted by atomic mass is 9.73. The molecule has 1 aliphatic rings. The summed E-state index contributed by atoms with van der Waals surface area (Å²) in [4.78, 5) is 4.20. The minimum Gasteiger partial charge on any atom is -0.252 e. The van der Waals surface area contributed by atoms with Crippen LogP contribution in [0.1, 0.15) is 26.7 Å². The van der Waals surface area contributed by atoms with Gasteiger partial charge in [0.05, 0.1) is 6.10 Å². The van der Waals surface area contributed by atoms with Crippen LogP contribution in [0.2, 0.25) is 0 Å². The first-order valence-electron chi connectivity index (χ1n) is 3.54. The monoisotopic (exact) mass is 130 g/mol. The molecular formula is C7H14O2. The van der Waals surface area contributed by atoms with Crippen LogP contribution in [0.4, 0.5) is 0 Å². The fraction of sp³-hybridized carbons (Fsp3) is 1.00.